The maximum atomic E-state index is 10.2. The fourth-order valence-electron chi connectivity index (χ4n) is 1.10. The summed E-state index contributed by atoms with van der Waals surface area (Å²) in [5.74, 6) is 2.34. The minimum absolute atomic E-state index is 0.133. The molecule has 0 aromatic carbocycles. The molecule has 0 atom stereocenters. The normalized spacial score (nSPS) is 9.79. The highest BCUT2D eigenvalue weighted by atomic mass is 16.5. The standard InChI is InChI=1S/C4H6N2O.C4H9NO2.C4H11N.C4H8O2.C4H10O2.C4H8.C3H9N.C3H8O.C3H6O/c1-3-5-6-4(2)7-3;1-5(2)4(6)7-3;1-4-5(2)3;1-3-4(5)6-2;1-2-6-4-3-5;1-4-2-3-4;2*1-3-4-2;1-3(2)4/h1-2H3;1-3H3;4H2,1-3H3;3H2,1-2H3;5H,2-4H2,1H3;4H,2-3H2,1H3;4H,3H2,1-2H3;3H2,1-2H3;1-2H3. The zero-order chi connectivity index (χ0) is 38.6. The molecule has 2 rings (SSSR count). The van der Waals surface area contributed by atoms with Gasteiger partial charge in [-0.15, -0.1) is 10.2 Å². The zero-order valence-electron chi connectivity index (χ0n) is 33.4. The van der Waals surface area contributed by atoms with Gasteiger partial charge in [0.25, 0.3) is 0 Å². The molecule has 1 aromatic heterocycles. The SMILES string of the molecule is CC(C)=O.CC1CC1.CCC(=O)OC.CCN(C)C.CCNC.CCOC.CCOCCO.COC(=O)N(C)C.Cc1nnc(C)o1. The Bertz CT molecular complexity index is 693. The summed E-state index contributed by atoms with van der Waals surface area (Å²) in [6.07, 6.45) is 3.12. The molecular formula is C33H75N5O9. The van der Waals surface area contributed by atoms with Crippen LogP contribution in [0.4, 0.5) is 4.79 Å². The van der Waals surface area contributed by atoms with E-state index in [9.17, 15) is 14.4 Å². The van der Waals surface area contributed by atoms with Crippen LogP contribution in [0.15, 0.2) is 4.42 Å². The lowest BCUT2D eigenvalue weighted by Crippen LogP contribution is -2.20. The van der Waals surface area contributed by atoms with Gasteiger partial charge in [0.2, 0.25) is 11.8 Å². The Morgan fingerprint density at radius 2 is 1.26 bits per heavy atom. The number of carbonyl (C=O) groups excluding carboxylic acids is 3. The molecule has 0 bridgehead atoms. The van der Waals surface area contributed by atoms with Crippen molar-refractivity contribution in [2.24, 2.45) is 5.92 Å². The number of carbonyl (C=O) groups is 3. The van der Waals surface area contributed by atoms with Crippen LogP contribution in [0, 0.1) is 19.8 Å². The van der Waals surface area contributed by atoms with Crippen molar-refractivity contribution < 1.29 is 42.9 Å². The summed E-state index contributed by atoms with van der Waals surface area (Å²) in [6, 6.07) is 0. The van der Waals surface area contributed by atoms with Crippen LogP contribution in [-0.2, 0) is 28.5 Å². The monoisotopic (exact) mass is 686 g/mol. The van der Waals surface area contributed by atoms with Crippen molar-refractivity contribution in [3.8, 4) is 0 Å². The average molecular weight is 686 g/mol. The number of aryl methyl sites for hydroxylation is 2. The molecule has 1 saturated carbocycles. The second-order valence-electron chi connectivity index (χ2n) is 9.83. The molecule has 2 N–H and O–H groups in total. The quantitative estimate of drug-likeness (QED) is 0.290. The molecule has 14 nitrogen and oxygen atoms in total. The maximum absolute atomic E-state index is 10.2. The number of ether oxygens (including phenoxy) is 4. The Hall–Kier alpha value is -2.65. The summed E-state index contributed by atoms with van der Waals surface area (Å²) in [5.41, 5.74) is 0. The number of nitrogens with zero attached hydrogens (tertiary/aromatic N) is 4. The third-order valence-electron chi connectivity index (χ3n) is 4.26. The van der Waals surface area contributed by atoms with Crippen LogP contribution in [0.3, 0.4) is 0 Å². The number of amides is 1. The van der Waals surface area contributed by atoms with E-state index in [1.807, 2.05) is 20.9 Å². The highest BCUT2D eigenvalue weighted by molar-refractivity contribution is 5.72. The van der Waals surface area contributed by atoms with E-state index in [-0.39, 0.29) is 24.5 Å². The molecule has 286 valence electrons. The molecule has 1 amide bonds. The highest BCUT2D eigenvalue weighted by Gasteiger charge is 2.12. The van der Waals surface area contributed by atoms with Crippen LogP contribution >= 0.6 is 0 Å². The van der Waals surface area contributed by atoms with E-state index in [0.29, 0.717) is 31.4 Å². The maximum Gasteiger partial charge on any atom is 0.408 e. The number of aliphatic hydroxyl groups excluding tert-OH is 1. The second kappa shape index (κ2) is 52.9. The van der Waals surface area contributed by atoms with E-state index in [0.717, 1.165) is 25.6 Å². The Kier molecular flexibility index (Phi) is 67.2. The van der Waals surface area contributed by atoms with Gasteiger partial charge in [-0.3, -0.25) is 4.79 Å². The minimum Gasteiger partial charge on any atom is -0.469 e. The van der Waals surface area contributed by atoms with E-state index in [2.05, 4.69) is 69.5 Å². The van der Waals surface area contributed by atoms with Gasteiger partial charge in [0.1, 0.15) is 5.78 Å². The van der Waals surface area contributed by atoms with Gasteiger partial charge in [-0.25, -0.2) is 4.79 Å². The smallest absolute Gasteiger partial charge is 0.408 e. The number of hydrogen-bond donors (Lipinski definition) is 2. The molecule has 1 aliphatic carbocycles. The van der Waals surface area contributed by atoms with Gasteiger partial charge in [-0.05, 0) is 67.8 Å². The molecule has 47 heavy (non-hydrogen) atoms. The van der Waals surface area contributed by atoms with Crippen molar-refractivity contribution in [1.29, 1.82) is 0 Å². The molecule has 1 aromatic rings. The van der Waals surface area contributed by atoms with E-state index < -0.39 is 0 Å². The number of Topliss-reactive ketones (excluding diaryl/α,β-unsaturated/α-hetero) is 1. The van der Waals surface area contributed by atoms with Gasteiger partial charge in [0, 0.05) is 54.7 Å². The van der Waals surface area contributed by atoms with E-state index in [1.54, 1.807) is 42.0 Å². The van der Waals surface area contributed by atoms with Gasteiger partial charge in [-0.2, -0.15) is 0 Å². The lowest BCUT2D eigenvalue weighted by molar-refractivity contribution is -0.140. The van der Waals surface area contributed by atoms with Crippen LogP contribution in [0.1, 0.15) is 86.4 Å². The second-order valence-corrected chi connectivity index (χ2v) is 9.83. The minimum atomic E-state index is -0.319. The summed E-state index contributed by atoms with van der Waals surface area (Å²) in [6.45, 7) is 23.0. The number of aromatic nitrogens is 2. The van der Waals surface area contributed by atoms with Crippen molar-refractivity contribution in [3.05, 3.63) is 11.8 Å². The van der Waals surface area contributed by atoms with Crippen LogP contribution in [0.5, 0.6) is 0 Å². The van der Waals surface area contributed by atoms with Gasteiger partial charge in [0.05, 0.1) is 27.4 Å². The largest absolute Gasteiger partial charge is 0.469 e. The first-order chi connectivity index (χ1) is 21.9. The van der Waals surface area contributed by atoms with Gasteiger partial charge >= 0.3 is 12.1 Å². The molecule has 1 fully saturated rings. The fraction of sp³-hybridized carbons (Fsp3) is 0.848. The number of rotatable bonds is 7. The van der Waals surface area contributed by atoms with E-state index in [1.165, 1.54) is 45.8 Å². The topological polar surface area (TPSA) is 166 Å². The van der Waals surface area contributed by atoms with Crippen LogP contribution in [0.25, 0.3) is 0 Å². The summed E-state index contributed by atoms with van der Waals surface area (Å²) in [7, 11) is 13.7. The zero-order valence-corrected chi connectivity index (χ0v) is 33.4. The molecule has 0 spiro atoms. The van der Waals surface area contributed by atoms with Crippen molar-refractivity contribution in [2.45, 2.75) is 88.5 Å². The summed E-state index contributed by atoms with van der Waals surface area (Å²) in [4.78, 5) is 33.1. The van der Waals surface area contributed by atoms with Crippen molar-refractivity contribution in [2.75, 3.05) is 96.1 Å². The number of esters is 1. The van der Waals surface area contributed by atoms with Crippen LogP contribution in [-0.4, -0.2) is 139 Å². The van der Waals surface area contributed by atoms with Crippen LogP contribution in [0.2, 0.25) is 0 Å². The molecule has 0 saturated heterocycles. The Morgan fingerprint density at radius 3 is 1.30 bits per heavy atom. The van der Waals surface area contributed by atoms with E-state index in [4.69, 9.17) is 14.3 Å². The average Bonchev–Trinajstić information content (AvgIpc) is 3.75. The number of aliphatic hydroxyl groups is 1. The molecular weight excluding hydrogens is 610 g/mol. The summed E-state index contributed by atoms with van der Waals surface area (Å²) in [5, 5.41) is 18.2. The fourth-order valence-corrected chi connectivity index (χ4v) is 1.10. The van der Waals surface area contributed by atoms with E-state index >= 15 is 0 Å². The third-order valence-corrected chi connectivity index (χ3v) is 4.26. The predicted molar refractivity (Wildman–Crippen MR) is 192 cm³/mol. The third kappa shape index (κ3) is 107. The lowest BCUT2D eigenvalue weighted by Gasteiger charge is -2.05. The number of ketones is 1. The molecule has 1 heterocycles. The van der Waals surface area contributed by atoms with Crippen LogP contribution < -0.4 is 5.32 Å². The summed E-state index contributed by atoms with van der Waals surface area (Å²) < 4.78 is 22.7. The highest BCUT2D eigenvalue weighted by Crippen LogP contribution is 2.26. The first kappa shape index (κ1) is 59.7. The Labute approximate surface area is 288 Å². The van der Waals surface area contributed by atoms with Gasteiger partial charge in [-0.1, -0.05) is 40.5 Å². The predicted octanol–water partition coefficient (Wildman–Crippen LogP) is 5.04. The molecule has 0 unspecified atom stereocenters. The molecule has 0 aliphatic heterocycles. The van der Waals surface area contributed by atoms with Gasteiger partial charge in [0.15, 0.2) is 0 Å². The Balaban J connectivity index is -0.0000000773. The van der Waals surface area contributed by atoms with Crippen molar-refractivity contribution in [1.82, 2.24) is 25.3 Å². The number of nitrogens with one attached hydrogen (secondary N) is 1. The Morgan fingerprint density at radius 1 is 0.894 bits per heavy atom. The first-order valence-corrected chi connectivity index (χ1v) is 15.9. The lowest BCUT2D eigenvalue weighted by atomic mass is 10.5. The van der Waals surface area contributed by atoms with Crippen molar-refractivity contribution in [3.63, 3.8) is 0 Å². The molecule has 1 aliphatic rings. The van der Waals surface area contributed by atoms with Crippen molar-refractivity contribution >= 4 is 17.8 Å². The first-order valence-electron chi connectivity index (χ1n) is 15.9. The molecule has 14 heteroatoms. The number of hydrogen-bond acceptors (Lipinski definition) is 13. The molecule has 0 radical (unpaired) electrons. The summed E-state index contributed by atoms with van der Waals surface area (Å²) >= 11 is 0. The van der Waals surface area contributed by atoms with Gasteiger partial charge < -0.3 is 48.4 Å². The number of methoxy groups -OCH3 is 3.